The van der Waals surface area contributed by atoms with Crippen LogP contribution in [-0.4, -0.2) is 65.3 Å². The Hall–Kier alpha value is -4.34. The number of esters is 1. The third kappa shape index (κ3) is 13.5. The van der Waals surface area contributed by atoms with Crippen molar-refractivity contribution >= 4 is 23.9 Å². The molecule has 0 aliphatic rings. The van der Waals surface area contributed by atoms with Gasteiger partial charge in [0, 0.05) is 19.4 Å². The molecule has 0 heterocycles. The molecule has 0 aromatic heterocycles. The maximum absolute atomic E-state index is 13.8. The van der Waals surface area contributed by atoms with E-state index in [1.54, 1.807) is 45.0 Å². The lowest BCUT2D eigenvalue weighted by molar-refractivity contribution is -0.149. The molecule has 2 N–H and O–H groups in total. The molecule has 2 aromatic rings. The minimum atomic E-state index is -1.01. The van der Waals surface area contributed by atoms with Crippen LogP contribution in [0.5, 0.6) is 5.75 Å². The van der Waals surface area contributed by atoms with Crippen LogP contribution in [0.15, 0.2) is 67.3 Å². The first-order chi connectivity index (χ1) is 19.5. The number of nitrogens with zero attached hydrogens (tertiary/aromatic N) is 1. The van der Waals surface area contributed by atoms with Crippen molar-refractivity contribution in [3.05, 3.63) is 78.4 Å². The van der Waals surface area contributed by atoms with Gasteiger partial charge in [0.1, 0.15) is 30.5 Å². The highest BCUT2D eigenvalue weighted by Crippen LogP contribution is 2.17. The Morgan fingerprint density at radius 1 is 1.00 bits per heavy atom. The molecule has 0 bridgehead atoms. The highest BCUT2D eigenvalue weighted by Gasteiger charge is 2.30. The maximum atomic E-state index is 13.8. The third-order valence-electron chi connectivity index (χ3n) is 5.62. The van der Waals surface area contributed by atoms with Gasteiger partial charge in [-0.15, -0.1) is 0 Å². The minimum absolute atomic E-state index is 0.00294. The fourth-order valence-electron chi connectivity index (χ4n) is 3.76. The zero-order valence-corrected chi connectivity index (χ0v) is 24.0. The highest BCUT2D eigenvalue weighted by atomic mass is 16.6. The predicted molar refractivity (Wildman–Crippen MR) is 153 cm³/mol. The molecule has 2 amide bonds. The molecule has 0 unspecified atom stereocenters. The smallest absolute Gasteiger partial charge is 0.408 e. The molecule has 2 rings (SSSR count). The maximum Gasteiger partial charge on any atom is 0.408 e. The van der Waals surface area contributed by atoms with E-state index in [2.05, 4.69) is 11.9 Å². The van der Waals surface area contributed by atoms with Gasteiger partial charge in [-0.25, -0.2) is 4.79 Å². The molecular weight excluding hydrogens is 528 g/mol. The van der Waals surface area contributed by atoms with Crippen LogP contribution in [0.1, 0.15) is 51.2 Å². The Balaban J connectivity index is 2.21. The number of amides is 2. The largest absolute Gasteiger partial charge is 0.494 e. The highest BCUT2D eigenvalue weighted by molar-refractivity contribution is 5.88. The van der Waals surface area contributed by atoms with Gasteiger partial charge in [0.25, 0.3) is 0 Å². The fraction of sp³-hybridized carbons (Fsp3) is 0.419. The summed E-state index contributed by atoms with van der Waals surface area (Å²) < 4.78 is 16.2. The summed E-state index contributed by atoms with van der Waals surface area (Å²) in [5, 5.41) is 11.4. The van der Waals surface area contributed by atoms with E-state index in [9.17, 15) is 19.2 Å². The Labute approximate surface area is 241 Å². The lowest BCUT2D eigenvalue weighted by atomic mass is 10.0. The first-order valence-electron chi connectivity index (χ1n) is 13.5. The third-order valence-corrected chi connectivity index (χ3v) is 5.62. The van der Waals surface area contributed by atoms with Gasteiger partial charge in [-0.3, -0.25) is 14.4 Å². The molecule has 10 nitrogen and oxygen atoms in total. The summed E-state index contributed by atoms with van der Waals surface area (Å²) in [5.74, 6) is -1.33. The fourth-order valence-corrected chi connectivity index (χ4v) is 3.76. The van der Waals surface area contributed by atoms with Crippen LogP contribution in [0.4, 0.5) is 4.79 Å². The van der Waals surface area contributed by atoms with Gasteiger partial charge in [0.15, 0.2) is 0 Å². The SMILES string of the molecule is C=CCOC(=O)CN(Cc1ccc(OCCCCC(=O)O)cc1)C(=O)[C@H](Cc1ccccc1)NC(=O)OC(C)(C)C. The average molecular weight is 569 g/mol. The van der Waals surface area contributed by atoms with Crippen LogP contribution >= 0.6 is 0 Å². The monoisotopic (exact) mass is 568 g/mol. The Kier molecular flexibility index (Phi) is 13.4. The van der Waals surface area contributed by atoms with Gasteiger partial charge >= 0.3 is 18.0 Å². The molecule has 1 atom stereocenters. The molecule has 10 heteroatoms. The molecule has 0 radical (unpaired) electrons. The first kappa shape index (κ1) is 32.9. The van der Waals surface area contributed by atoms with Crippen molar-refractivity contribution < 1.29 is 38.5 Å². The van der Waals surface area contributed by atoms with E-state index in [1.807, 2.05) is 30.3 Å². The molecule has 0 aliphatic carbocycles. The summed E-state index contributed by atoms with van der Waals surface area (Å²) in [6.07, 6.45) is 2.10. The van der Waals surface area contributed by atoms with E-state index in [-0.39, 0.29) is 32.5 Å². The van der Waals surface area contributed by atoms with E-state index in [4.69, 9.17) is 19.3 Å². The lowest BCUT2D eigenvalue weighted by Gasteiger charge is -2.28. The number of unbranched alkanes of at least 4 members (excludes halogenated alkanes) is 1. The number of rotatable bonds is 16. The number of ether oxygens (including phenoxy) is 3. The molecule has 41 heavy (non-hydrogen) atoms. The van der Waals surface area contributed by atoms with Gasteiger partial charge in [-0.05, 0) is 56.9 Å². The molecule has 2 aromatic carbocycles. The summed E-state index contributed by atoms with van der Waals surface area (Å²) in [7, 11) is 0. The lowest BCUT2D eigenvalue weighted by Crippen LogP contribution is -2.51. The van der Waals surface area contributed by atoms with Crippen LogP contribution < -0.4 is 10.1 Å². The molecule has 222 valence electrons. The number of alkyl carbamates (subject to hydrolysis) is 1. The van der Waals surface area contributed by atoms with Crippen molar-refractivity contribution in [1.82, 2.24) is 10.2 Å². The minimum Gasteiger partial charge on any atom is -0.494 e. The van der Waals surface area contributed by atoms with Crippen LogP contribution in [-0.2, 0) is 36.8 Å². The summed E-state index contributed by atoms with van der Waals surface area (Å²) >= 11 is 0. The van der Waals surface area contributed by atoms with Crippen molar-refractivity contribution in [2.75, 3.05) is 19.8 Å². The number of benzene rings is 2. The summed E-state index contributed by atoms with van der Waals surface area (Å²) in [4.78, 5) is 51.0. The molecule has 0 fully saturated rings. The average Bonchev–Trinajstić information content (AvgIpc) is 2.91. The van der Waals surface area contributed by atoms with E-state index >= 15 is 0 Å². The Bertz CT molecular complexity index is 1140. The molecule has 0 spiro atoms. The van der Waals surface area contributed by atoms with Gasteiger partial charge in [0.2, 0.25) is 5.91 Å². The number of carbonyl (C=O) groups excluding carboxylic acids is 3. The number of nitrogens with one attached hydrogen (secondary N) is 1. The first-order valence-corrected chi connectivity index (χ1v) is 13.5. The van der Waals surface area contributed by atoms with Gasteiger partial charge in [-0.2, -0.15) is 0 Å². The second-order valence-corrected chi connectivity index (χ2v) is 10.4. The summed E-state index contributed by atoms with van der Waals surface area (Å²) in [6, 6.07) is 15.2. The van der Waals surface area contributed by atoms with Gasteiger partial charge < -0.3 is 29.5 Å². The number of carboxylic acids is 1. The Morgan fingerprint density at radius 2 is 1.68 bits per heavy atom. The normalized spacial score (nSPS) is 11.6. The van der Waals surface area contributed by atoms with E-state index in [1.165, 1.54) is 11.0 Å². The second kappa shape index (κ2) is 16.7. The van der Waals surface area contributed by atoms with Crippen molar-refractivity contribution in [2.45, 2.75) is 64.6 Å². The summed E-state index contributed by atoms with van der Waals surface area (Å²) in [5.41, 5.74) is 0.781. The second-order valence-electron chi connectivity index (χ2n) is 10.4. The summed E-state index contributed by atoms with van der Waals surface area (Å²) in [6.45, 7) is 8.84. The predicted octanol–water partition coefficient (Wildman–Crippen LogP) is 4.51. The number of hydrogen-bond acceptors (Lipinski definition) is 7. The van der Waals surface area contributed by atoms with Crippen molar-refractivity contribution in [2.24, 2.45) is 0 Å². The topological polar surface area (TPSA) is 131 Å². The number of carboxylic acid groups (broad SMARTS) is 1. The van der Waals surface area contributed by atoms with Gasteiger partial charge in [0.05, 0.1) is 6.61 Å². The molecule has 0 saturated heterocycles. The van der Waals surface area contributed by atoms with Gasteiger partial charge in [-0.1, -0.05) is 55.1 Å². The van der Waals surface area contributed by atoms with Crippen molar-refractivity contribution in [3.8, 4) is 5.75 Å². The Morgan fingerprint density at radius 3 is 2.29 bits per heavy atom. The number of carbonyl (C=O) groups is 4. The zero-order valence-electron chi connectivity index (χ0n) is 24.0. The van der Waals surface area contributed by atoms with Crippen LogP contribution in [0.25, 0.3) is 0 Å². The van der Waals surface area contributed by atoms with Crippen LogP contribution in [0, 0.1) is 0 Å². The van der Waals surface area contributed by atoms with E-state index < -0.39 is 35.6 Å². The quantitative estimate of drug-likeness (QED) is 0.172. The molecular formula is C31H40N2O8. The van der Waals surface area contributed by atoms with E-state index in [0.29, 0.717) is 25.2 Å². The molecule has 0 aliphatic heterocycles. The molecule has 0 saturated carbocycles. The van der Waals surface area contributed by atoms with Crippen LogP contribution in [0.2, 0.25) is 0 Å². The van der Waals surface area contributed by atoms with Crippen LogP contribution in [0.3, 0.4) is 0 Å². The van der Waals surface area contributed by atoms with Crippen molar-refractivity contribution in [1.29, 1.82) is 0 Å². The number of hydrogen-bond donors (Lipinski definition) is 2. The van der Waals surface area contributed by atoms with E-state index in [0.717, 1.165) is 11.1 Å². The standard InChI is InChI=1S/C31H40N2O8/c1-5-18-40-28(36)22-33(21-24-14-16-25(17-15-24)39-19-10-9-13-27(34)35)29(37)26(20-23-11-7-6-8-12-23)32-30(38)41-31(2,3)4/h5-8,11-12,14-17,26H,1,9-10,13,18-22H2,2-4H3,(H,32,38)(H,34,35)/t26-/m0/s1. The van der Waals surface area contributed by atoms with Crippen molar-refractivity contribution in [3.63, 3.8) is 0 Å². The number of aliphatic carboxylic acids is 1. The zero-order chi connectivity index (χ0) is 30.3.